The van der Waals surface area contributed by atoms with Crippen molar-refractivity contribution in [1.82, 2.24) is 0 Å². The second kappa shape index (κ2) is 6.57. The molecule has 2 fully saturated rings. The maximum atomic E-state index is 13.4. The van der Waals surface area contributed by atoms with Gasteiger partial charge in [0.05, 0.1) is 11.7 Å². The molecule has 3 aliphatic carbocycles. The molecule has 4 aliphatic rings. The molecule has 0 aromatic heterocycles. The zero-order valence-electron chi connectivity index (χ0n) is 16.9. The number of nitrogens with two attached hydrogens (primary N) is 1. The first kappa shape index (κ1) is 20.5. The van der Waals surface area contributed by atoms with Crippen molar-refractivity contribution < 1.29 is 39.9 Å². The van der Waals surface area contributed by atoms with Crippen LogP contribution in [0.2, 0.25) is 0 Å². The predicted octanol–water partition coefficient (Wildman–Crippen LogP) is -0.395. The lowest BCUT2D eigenvalue weighted by molar-refractivity contribution is -0.147. The Hall–Kier alpha value is -3.37. The van der Waals surface area contributed by atoms with E-state index < -0.39 is 58.1 Å². The van der Waals surface area contributed by atoms with Crippen LogP contribution in [0.1, 0.15) is 24.0 Å². The number of phenolic OH excluding ortho intramolecular Hbond substituents is 1. The van der Waals surface area contributed by atoms with Crippen LogP contribution in [0.3, 0.4) is 0 Å². The Labute approximate surface area is 181 Å². The fourth-order valence-corrected chi connectivity index (χ4v) is 5.55. The fraction of sp³-hybridized carbons (Fsp3) is 0.409. The lowest BCUT2D eigenvalue weighted by Gasteiger charge is -2.47. The molecule has 1 saturated heterocycles. The Bertz CT molecular complexity index is 1160. The van der Waals surface area contributed by atoms with Gasteiger partial charge in [-0.1, -0.05) is 0 Å². The lowest BCUT2D eigenvalue weighted by Crippen LogP contribution is -2.58. The van der Waals surface area contributed by atoms with Crippen molar-refractivity contribution in [2.75, 3.05) is 18.0 Å². The van der Waals surface area contributed by atoms with Gasteiger partial charge < -0.3 is 36.2 Å². The van der Waals surface area contributed by atoms with E-state index in [4.69, 9.17) is 5.73 Å². The Morgan fingerprint density at radius 1 is 1.12 bits per heavy atom. The summed E-state index contributed by atoms with van der Waals surface area (Å²) < 4.78 is 0. The van der Waals surface area contributed by atoms with E-state index >= 15 is 0 Å². The highest BCUT2D eigenvalue weighted by molar-refractivity contribution is 6.22. The lowest BCUT2D eigenvalue weighted by atomic mass is 9.59. The number of aliphatic hydroxyl groups is 4. The number of amides is 1. The van der Waals surface area contributed by atoms with Crippen LogP contribution in [-0.2, 0) is 20.8 Å². The molecule has 1 saturated carbocycles. The molecule has 0 radical (unpaired) electrons. The van der Waals surface area contributed by atoms with Crippen molar-refractivity contribution in [3.05, 3.63) is 40.2 Å². The molecular weight excluding hydrogens is 420 g/mol. The zero-order chi connectivity index (χ0) is 23.1. The molecule has 3 unspecified atom stereocenters. The van der Waals surface area contributed by atoms with Crippen LogP contribution < -0.4 is 10.6 Å². The molecule has 3 atom stereocenters. The molecule has 1 aromatic carbocycles. The molecule has 10 heteroatoms. The summed E-state index contributed by atoms with van der Waals surface area (Å²) in [6.07, 6.45) is -0.505. The third-order valence-corrected chi connectivity index (χ3v) is 7.13. The van der Waals surface area contributed by atoms with Crippen molar-refractivity contribution in [2.45, 2.75) is 31.0 Å². The van der Waals surface area contributed by atoms with Gasteiger partial charge in [0.25, 0.3) is 5.91 Å². The van der Waals surface area contributed by atoms with Crippen LogP contribution in [0.15, 0.2) is 29.0 Å². The van der Waals surface area contributed by atoms with E-state index in [2.05, 4.69) is 0 Å². The first-order valence-electron chi connectivity index (χ1n) is 10.3. The minimum Gasteiger partial charge on any atom is -0.508 e. The van der Waals surface area contributed by atoms with Crippen molar-refractivity contribution >= 4 is 28.9 Å². The van der Waals surface area contributed by atoms with Crippen LogP contribution in [0.5, 0.6) is 5.75 Å². The highest BCUT2D eigenvalue weighted by atomic mass is 16.3. The summed E-state index contributed by atoms with van der Waals surface area (Å²) in [5.74, 6) is -6.46. The van der Waals surface area contributed by atoms with Crippen LogP contribution >= 0.6 is 0 Å². The van der Waals surface area contributed by atoms with Crippen LogP contribution in [0.25, 0.3) is 5.76 Å². The van der Waals surface area contributed by atoms with Crippen LogP contribution in [0.4, 0.5) is 5.69 Å². The van der Waals surface area contributed by atoms with Gasteiger partial charge in [0.2, 0.25) is 5.78 Å². The molecule has 32 heavy (non-hydrogen) atoms. The number of anilines is 1. The molecule has 1 amide bonds. The quantitative estimate of drug-likeness (QED) is 0.332. The third kappa shape index (κ3) is 2.50. The molecule has 0 bridgehead atoms. The highest BCUT2D eigenvalue weighted by Crippen LogP contribution is 2.53. The summed E-state index contributed by atoms with van der Waals surface area (Å²) in [6.45, 7) is 0.785. The van der Waals surface area contributed by atoms with Crippen LogP contribution in [-0.4, -0.2) is 67.8 Å². The number of aromatic hydroxyl groups is 1. The molecule has 1 aliphatic heterocycles. The number of fused-ring (bicyclic) bond motifs is 3. The van der Waals surface area contributed by atoms with Crippen molar-refractivity contribution in [3.63, 3.8) is 0 Å². The van der Waals surface area contributed by atoms with Gasteiger partial charge in [0.1, 0.15) is 22.8 Å². The van der Waals surface area contributed by atoms with Gasteiger partial charge in [0.15, 0.2) is 11.4 Å². The number of carbonyl (C=O) groups is 3. The van der Waals surface area contributed by atoms with E-state index in [1.54, 1.807) is 6.07 Å². The highest BCUT2D eigenvalue weighted by Gasteiger charge is 2.60. The molecular formula is C22H22N2O8. The largest absolute Gasteiger partial charge is 0.508 e. The maximum Gasteiger partial charge on any atom is 0.255 e. The van der Waals surface area contributed by atoms with Crippen molar-refractivity contribution in [1.29, 1.82) is 0 Å². The number of nitrogens with zero attached hydrogens (tertiary/aromatic N) is 1. The van der Waals surface area contributed by atoms with Gasteiger partial charge in [-0.3, -0.25) is 14.4 Å². The number of rotatable bonds is 2. The summed E-state index contributed by atoms with van der Waals surface area (Å²) in [5.41, 5.74) is 2.99. The smallest absolute Gasteiger partial charge is 0.255 e. The summed E-state index contributed by atoms with van der Waals surface area (Å²) in [6, 6.07) is 3.06. The van der Waals surface area contributed by atoms with Gasteiger partial charge in [-0.25, -0.2) is 0 Å². The number of primary amides is 1. The summed E-state index contributed by atoms with van der Waals surface area (Å²) in [4.78, 5) is 39.3. The molecule has 168 valence electrons. The monoisotopic (exact) mass is 442 g/mol. The molecule has 7 N–H and O–H groups in total. The van der Waals surface area contributed by atoms with Gasteiger partial charge >= 0.3 is 0 Å². The average molecular weight is 442 g/mol. The summed E-state index contributed by atoms with van der Waals surface area (Å²) >= 11 is 0. The summed E-state index contributed by atoms with van der Waals surface area (Å²) in [7, 11) is 0. The standard InChI is InChI=1S/C22H22N2O8/c23-21(31)17-14(27)5-9-3-8-4-11-12(24-6-10(25)7-24)1-2-13(26)16(11)18(28)15(8)19(29)22(9,32)20(17)30/h1-2,8-10,25-26,28,30,32H,3-7H2,(H2,23,31). The molecule has 0 spiro atoms. The van der Waals surface area contributed by atoms with E-state index in [0.29, 0.717) is 24.3 Å². The van der Waals surface area contributed by atoms with Gasteiger partial charge in [-0.2, -0.15) is 0 Å². The molecule has 5 rings (SSSR count). The number of hydrogen-bond acceptors (Lipinski definition) is 9. The molecule has 1 heterocycles. The Morgan fingerprint density at radius 3 is 2.44 bits per heavy atom. The average Bonchev–Trinajstić information content (AvgIpc) is 2.68. The number of hydrogen-bond donors (Lipinski definition) is 6. The first-order chi connectivity index (χ1) is 15.1. The van der Waals surface area contributed by atoms with Crippen molar-refractivity contribution in [2.24, 2.45) is 17.6 Å². The first-order valence-corrected chi connectivity index (χ1v) is 10.3. The predicted molar refractivity (Wildman–Crippen MR) is 110 cm³/mol. The number of Topliss-reactive ketones (excluding diaryl/α,β-unsaturated/α-hetero) is 2. The third-order valence-electron chi connectivity index (χ3n) is 7.13. The minimum absolute atomic E-state index is 0.0519. The number of β-amino-alcohol motifs (C(OH)–C–C–N with tert-alkyl or cyclic N) is 1. The number of aliphatic hydroxyl groups excluding tert-OH is 3. The topological polar surface area (TPSA) is 182 Å². The maximum absolute atomic E-state index is 13.4. The van der Waals surface area contributed by atoms with Crippen molar-refractivity contribution in [3.8, 4) is 5.75 Å². The fourth-order valence-electron chi connectivity index (χ4n) is 5.55. The number of phenols is 1. The van der Waals surface area contributed by atoms with Crippen LogP contribution in [0, 0.1) is 11.8 Å². The Morgan fingerprint density at radius 2 is 1.81 bits per heavy atom. The number of carbonyl (C=O) groups excluding carboxylic acids is 3. The Balaban J connectivity index is 1.67. The summed E-state index contributed by atoms with van der Waals surface area (Å²) in [5, 5.41) is 52.9. The van der Waals surface area contributed by atoms with Gasteiger partial charge in [0, 0.05) is 36.7 Å². The zero-order valence-corrected chi connectivity index (χ0v) is 16.9. The SMILES string of the molecule is NC(=O)C1=C(O)C2(O)C(=O)C3=C(O)c4c(O)ccc(N5CC(O)C5)c4CC3CC2CC1=O. The minimum atomic E-state index is -2.57. The molecule has 1 aromatic rings. The van der Waals surface area contributed by atoms with E-state index in [0.717, 1.165) is 0 Å². The Kier molecular flexibility index (Phi) is 4.21. The number of ketones is 2. The van der Waals surface area contributed by atoms with E-state index in [-0.39, 0.29) is 36.1 Å². The van der Waals surface area contributed by atoms with Gasteiger partial charge in [-0.05, 0) is 36.5 Å². The molecule has 10 nitrogen and oxygen atoms in total. The van der Waals surface area contributed by atoms with E-state index in [1.165, 1.54) is 6.07 Å². The normalized spacial score (nSPS) is 30.0. The second-order valence-electron chi connectivity index (χ2n) is 8.92. The second-order valence-corrected chi connectivity index (χ2v) is 8.92. The van der Waals surface area contributed by atoms with E-state index in [9.17, 15) is 39.9 Å². The number of benzene rings is 1. The van der Waals surface area contributed by atoms with Gasteiger partial charge in [-0.15, -0.1) is 0 Å². The van der Waals surface area contributed by atoms with E-state index in [1.807, 2.05) is 4.90 Å².